The summed E-state index contributed by atoms with van der Waals surface area (Å²) in [4.78, 5) is 0. The largest absolute Gasteiger partial charge is 0.361 e. The first-order chi connectivity index (χ1) is 10.8. The van der Waals surface area contributed by atoms with E-state index in [-0.39, 0.29) is 6.23 Å². The van der Waals surface area contributed by atoms with Crippen molar-refractivity contribution in [3.05, 3.63) is 77.9 Å². The van der Waals surface area contributed by atoms with E-state index in [0.717, 1.165) is 42.9 Å². The van der Waals surface area contributed by atoms with E-state index in [9.17, 15) is 0 Å². The summed E-state index contributed by atoms with van der Waals surface area (Å²) in [5.74, 6) is 0. The Morgan fingerprint density at radius 1 is 1.09 bits per heavy atom. The molecule has 22 heavy (non-hydrogen) atoms. The van der Waals surface area contributed by atoms with Gasteiger partial charge in [0, 0.05) is 19.6 Å². The van der Waals surface area contributed by atoms with Crippen molar-refractivity contribution in [3.63, 3.8) is 0 Å². The van der Waals surface area contributed by atoms with Gasteiger partial charge in [-0.2, -0.15) is 0 Å². The number of hydrogen-bond donors (Lipinski definition) is 2. The molecule has 1 heterocycles. The van der Waals surface area contributed by atoms with E-state index >= 15 is 0 Å². The number of morpholine rings is 1. The van der Waals surface area contributed by atoms with Crippen molar-refractivity contribution in [1.29, 1.82) is 0 Å². The first kappa shape index (κ1) is 15.0. The summed E-state index contributed by atoms with van der Waals surface area (Å²) >= 11 is 0. The fourth-order valence-corrected chi connectivity index (χ4v) is 2.56. The summed E-state index contributed by atoms with van der Waals surface area (Å²) in [7, 11) is 0. The van der Waals surface area contributed by atoms with E-state index in [1.165, 1.54) is 5.56 Å². The molecule has 1 aliphatic heterocycles. The molecular weight excluding hydrogens is 272 g/mol. The fourth-order valence-electron chi connectivity index (χ4n) is 2.56. The molecule has 0 saturated carbocycles. The highest BCUT2D eigenvalue weighted by Gasteiger charge is 2.11. The first-order valence-corrected chi connectivity index (χ1v) is 7.72. The molecule has 1 unspecified atom stereocenters. The Morgan fingerprint density at radius 3 is 2.50 bits per heavy atom. The monoisotopic (exact) mass is 294 g/mol. The van der Waals surface area contributed by atoms with Gasteiger partial charge >= 0.3 is 0 Å². The molecule has 0 spiro atoms. The second-order valence-electron chi connectivity index (χ2n) is 5.49. The number of ether oxygens (including phenoxy) is 1. The highest BCUT2D eigenvalue weighted by atomic mass is 16.5. The van der Waals surface area contributed by atoms with E-state index in [1.54, 1.807) is 0 Å². The van der Waals surface area contributed by atoms with Gasteiger partial charge < -0.3 is 10.1 Å². The van der Waals surface area contributed by atoms with Gasteiger partial charge in [0.2, 0.25) is 0 Å². The van der Waals surface area contributed by atoms with Gasteiger partial charge in [-0.1, -0.05) is 61.2 Å². The van der Waals surface area contributed by atoms with Crippen LogP contribution in [0.4, 0.5) is 0 Å². The quantitative estimate of drug-likeness (QED) is 0.889. The molecule has 3 nitrogen and oxygen atoms in total. The van der Waals surface area contributed by atoms with Crippen LogP contribution in [0.3, 0.4) is 0 Å². The van der Waals surface area contributed by atoms with Gasteiger partial charge in [0.25, 0.3) is 0 Å². The molecule has 0 aromatic heterocycles. The molecule has 2 aromatic rings. The van der Waals surface area contributed by atoms with Crippen LogP contribution in [0.15, 0.2) is 61.2 Å². The van der Waals surface area contributed by atoms with Gasteiger partial charge in [-0.05, 0) is 22.3 Å². The van der Waals surface area contributed by atoms with Crippen LogP contribution in [0.25, 0.3) is 5.57 Å². The van der Waals surface area contributed by atoms with Crippen molar-refractivity contribution in [2.45, 2.75) is 12.8 Å². The van der Waals surface area contributed by atoms with Crippen LogP contribution in [-0.2, 0) is 11.3 Å². The van der Waals surface area contributed by atoms with Gasteiger partial charge in [0.15, 0.2) is 0 Å². The smallest absolute Gasteiger partial charge is 0.121 e. The Morgan fingerprint density at radius 2 is 1.82 bits per heavy atom. The standard InChI is InChI=1S/C19H22N2O/c1-15(17-5-3-2-4-6-17)18-9-7-16(8-10-18)13-21-19-14-20-11-12-22-19/h2-10,19-21H,1,11-14H2. The summed E-state index contributed by atoms with van der Waals surface area (Å²) in [6, 6.07) is 18.8. The second-order valence-corrected chi connectivity index (χ2v) is 5.49. The van der Waals surface area contributed by atoms with Crippen LogP contribution in [-0.4, -0.2) is 25.9 Å². The Labute approximate surface area is 132 Å². The van der Waals surface area contributed by atoms with Crippen LogP contribution in [0, 0.1) is 0 Å². The lowest BCUT2D eigenvalue weighted by atomic mass is 9.99. The van der Waals surface area contributed by atoms with Crippen molar-refractivity contribution in [2.75, 3.05) is 19.7 Å². The molecule has 0 aliphatic carbocycles. The summed E-state index contributed by atoms with van der Waals surface area (Å²) < 4.78 is 5.63. The number of rotatable bonds is 5. The van der Waals surface area contributed by atoms with Crippen molar-refractivity contribution in [1.82, 2.24) is 10.6 Å². The fraction of sp³-hybridized carbons (Fsp3) is 0.263. The summed E-state index contributed by atoms with van der Waals surface area (Å²) in [5.41, 5.74) is 4.62. The van der Waals surface area contributed by atoms with Crippen molar-refractivity contribution in [3.8, 4) is 0 Å². The lowest BCUT2D eigenvalue weighted by Crippen LogP contribution is -2.46. The molecule has 1 atom stereocenters. The zero-order valence-corrected chi connectivity index (χ0v) is 12.7. The molecule has 1 saturated heterocycles. The minimum absolute atomic E-state index is 0.104. The molecule has 0 amide bonds. The van der Waals surface area contributed by atoms with Gasteiger partial charge in [-0.3, -0.25) is 5.32 Å². The van der Waals surface area contributed by atoms with E-state index in [0.29, 0.717) is 0 Å². The second kappa shape index (κ2) is 7.36. The Hall–Kier alpha value is -1.94. The normalized spacial score (nSPS) is 18.1. The van der Waals surface area contributed by atoms with Gasteiger partial charge in [-0.15, -0.1) is 0 Å². The third-order valence-electron chi connectivity index (χ3n) is 3.89. The molecule has 2 aromatic carbocycles. The van der Waals surface area contributed by atoms with Crippen LogP contribution in [0.5, 0.6) is 0 Å². The zero-order valence-electron chi connectivity index (χ0n) is 12.7. The third-order valence-corrected chi connectivity index (χ3v) is 3.89. The van der Waals surface area contributed by atoms with Crippen molar-refractivity contribution >= 4 is 5.57 Å². The van der Waals surface area contributed by atoms with E-state index < -0.39 is 0 Å². The highest BCUT2D eigenvalue weighted by molar-refractivity contribution is 5.77. The molecule has 0 bridgehead atoms. The van der Waals surface area contributed by atoms with E-state index in [2.05, 4.69) is 53.6 Å². The van der Waals surface area contributed by atoms with Gasteiger partial charge in [0.1, 0.15) is 6.23 Å². The highest BCUT2D eigenvalue weighted by Crippen LogP contribution is 2.21. The van der Waals surface area contributed by atoms with Crippen LogP contribution in [0.1, 0.15) is 16.7 Å². The average Bonchev–Trinajstić information content (AvgIpc) is 2.61. The molecule has 1 aliphatic rings. The zero-order chi connectivity index (χ0) is 15.2. The minimum Gasteiger partial charge on any atom is -0.361 e. The van der Waals surface area contributed by atoms with Crippen LogP contribution >= 0.6 is 0 Å². The summed E-state index contributed by atoms with van der Waals surface area (Å²) in [6.45, 7) is 7.58. The predicted octanol–water partition coefficient (Wildman–Crippen LogP) is 2.78. The van der Waals surface area contributed by atoms with Crippen LogP contribution in [0.2, 0.25) is 0 Å². The van der Waals surface area contributed by atoms with E-state index in [4.69, 9.17) is 4.74 Å². The number of benzene rings is 2. The summed E-state index contributed by atoms with van der Waals surface area (Å²) in [5, 5.41) is 6.73. The molecule has 3 heteroatoms. The lowest BCUT2D eigenvalue weighted by molar-refractivity contribution is 0.00581. The maximum absolute atomic E-state index is 5.63. The number of hydrogen-bond acceptors (Lipinski definition) is 3. The topological polar surface area (TPSA) is 33.3 Å². The van der Waals surface area contributed by atoms with Gasteiger partial charge in [-0.25, -0.2) is 0 Å². The molecule has 3 rings (SSSR count). The maximum atomic E-state index is 5.63. The molecule has 2 N–H and O–H groups in total. The van der Waals surface area contributed by atoms with Crippen molar-refractivity contribution < 1.29 is 4.74 Å². The third kappa shape index (κ3) is 3.83. The molecule has 0 radical (unpaired) electrons. The van der Waals surface area contributed by atoms with E-state index in [1.807, 2.05) is 18.2 Å². The average molecular weight is 294 g/mol. The SMILES string of the molecule is C=C(c1ccccc1)c1ccc(CNC2CNCCO2)cc1. The van der Waals surface area contributed by atoms with Crippen molar-refractivity contribution in [2.24, 2.45) is 0 Å². The molecular formula is C19H22N2O. The van der Waals surface area contributed by atoms with Crippen LogP contribution < -0.4 is 10.6 Å². The maximum Gasteiger partial charge on any atom is 0.121 e. The molecule has 114 valence electrons. The Kier molecular flexibility index (Phi) is 5.01. The first-order valence-electron chi connectivity index (χ1n) is 7.72. The minimum atomic E-state index is 0.104. The summed E-state index contributed by atoms with van der Waals surface area (Å²) in [6.07, 6.45) is 0.104. The molecule has 1 fully saturated rings. The number of nitrogens with one attached hydrogen (secondary N) is 2. The predicted molar refractivity (Wildman–Crippen MR) is 90.5 cm³/mol. The Balaban J connectivity index is 1.59. The van der Waals surface area contributed by atoms with Gasteiger partial charge in [0.05, 0.1) is 6.61 Å². The lowest BCUT2D eigenvalue weighted by Gasteiger charge is -2.24. The Bertz CT molecular complexity index is 601.